The highest BCUT2D eigenvalue weighted by Gasteiger charge is 2.21. The first-order valence-corrected chi connectivity index (χ1v) is 6.46. The fourth-order valence-corrected chi connectivity index (χ4v) is 2.29. The van der Waals surface area contributed by atoms with Gasteiger partial charge >= 0.3 is 0 Å². The van der Waals surface area contributed by atoms with E-state index < -0.39 is 0 Å². The van der Waals surface area contributed by atoms with Crippen LogP contribution in [0.5, 0.6) is 0 Å². The molecule has 2 N–H and O–H groups in total. The number of carbonyl (C=O) groups excluding carboxylic acids is 1. The Bertz CT molecular complexity index is 367. The van der Waals surface area contributed by atoms with Crippen molar-refractivity contribution < 1.29 is 9.53 Å². The number of hydrogen-bond acceptors (Lipinski definition) is 5. The first kappa shape index (κ1) is 14.1. The Morgan fingerprint density at radius 1 is 1.71 bits per heavy atom. The Kier molecular flexibility index (Phi) is 5.54. The lowest BCUT2D eigenvalue weighted by Crippen LogP contribution is -2.41. The van der Waals surface area contributed by atoms with Crippen molar-refractivity contribution in [1.82, 2.24) is 9.88 Å². The SMILES string of the molecule is CCN(C(=O)c1csc(CN)n1)C(C)COC. The summed E-state index contributed by atoms with van der Waals surface area (Å²) in [5, 5.41) is 2.54. The summed E-state index contributed by atoms with van der Waals surface area (Å²) in [7, 11) is 1.63. The van der Waals surface area contributed by atoms with Gasteiger partial charge in [-0.3, -0.25) is 4.79 Å². The normalized spacial score (nSPS) is 12.5. The van der Waals surface area contributed by atoms with Gasteiger partial charge in [0.15, 0.2) is 0 Å². The quantitative estimate of drug-likeness (QED) is 0.828. The van der Waals surface area contributed by atoms with Crippen LogP contribution in [0.25, 0.3) is 0 Å². The molecule has 0 fully saturated rings. The molecule has 1 amide bonds. The predicted octanol–water partition coefficient (Wildman–Crippen LogP) is 1.10. The fraction of sp³-hybridized carbons (Fsp3) is 0.636. The number of rotatable bonds is 6. The third kappa shape index (κ3) is 3.49. The second kappa shape index (κ2) is 6.68. The van der Waals surface area contributed by atoms with Crippen molar-refractivity contribution in [2.75, 3.05) is 20.3 Å². The van der Waals surface area contributed by atoms with E-state index in [4.69, 9.17) is 10.5 Å². The topological polar surface area (TPSA) is 68.5 Å². The van der Waals surface area contributed by atoms with Crippen molar-refractivity contribution in [2.45, 2.75) is 26.4 Å². The zero-order valence-electron chi connectivity index (χ0n) is 10.5. The number of likely N-dealkylation sites (N-methyl/N-ethyl adjacent to an activating group) is 1. The van der Waals surface area contributed by atoms with Crippen molar-refractivity contribution >= 4 is 17.2 Å². The van der Waals surface area contributed by atoms with Gasteiger partial charge in [0.2, 0.25) is 0 Å². The minimum atomic E-state index is -0.0620. The van der Waals surface area contributed by atoms with Crippen LogP contribution < -0.4 is 5.73 Å². The van der Waals surface area contributed by atoms with Crippen LogP contribution in [0.1, 0.15) is 29.3 Å². The van der Waals surface area contributed by atoms with Crippen LogP contribution >= 0.6 is 11.3 Å². The standard InChI is InChI=1S/C11H19N3O2S/c1-4-14(8(2)6-16-3)11(15)9-7-17-10(5-12)13-9/h7-8H,4-6,12H2,1-3H3. The molecule has 0 aliphatic carbocycles. The van der Waals surface area contributed by atoms with Gasteiger partial charge in [0.05, 0.1) is 12.6 Å². The second-order valence-corrected chi connectivity index (χ2v) is 4.67. The maximum absolute atomic E-state index is 12.2. The minimum absolute atomic E-state index is 0.0422. The molecule has 1 unspecified atom stereocenters. The molecule has 1 rings (SSSR count). The van der Waals surface area contributed by atoms with Crippen molar-refractivity contribution in [1.29, 1.82) is 0 Å². The molecule has 0 aromatic carbocycles. The Morgan fingerprint density at radius 2 is 2.41 bits per heavy atom. The van der Waals surface area contributed by atoms with E-state index in [0.717, 1.165) is 5.01 Å². The largest absolute Gasteiger partial charge is 0.383 e. The lowest BCUT2D eigenvalue weighted by Gasteiger charge is -2.26. The summed E-state index contributed by atoms with van der Waals surface area (Å²) in [5.74, 6) is -0.0620. The van der Waals surface area contributed by atoms with E-state index >= 15 is 0 Å². The lowest BCUT2D eigenvalue weighted by molar-refractivity contribution is 0.0574. The third-order valence-electron chi connectivity index (χ3n) is 2.49. The molecular weight excluding hydrogens is 238 g/mol. The fourth-order valence-electron chi connectivity index (χ4n) is 1.64. The van der Waals surface area contributed by atoms with E-state index in [1.54, 1.807) is 17.4 Å². The molecule has 6 heteroatoms. The van der Waals surface area contributed by atoms with Gasteiger partial charge < -0.3 is 15.4 Å². The van der Waals surface area contributed by atoms with Gasteiger partial charge in [0.25, 0.3) is 5.91 Å². The van der Waals surface area contributed by atoms with Gasteiger partial charge in [-0.15, -0.1) is 11.3 Å². The second-order valence-electron chi connectivity index (χ2n) is 3.73. The van der Waals surface area contributed by atoms with Gasteiger partial charge in [-0.05, 0) is 13.8 Å². The van der Waals surface area contributed by atoms with E-state index in [9.17, 15) is 4.79 Å². The zero-order valence-corrected chi connectivity index (χ0v) is 11.3. The van der Waals surface area contributed by atoms with Gasteiger partial charge in [-0.25, -0.2) is 4.98 Å². The first-order chi connectivity index (χ1) is 8.13. The molecule has 0 bridgehead atoms. The van der Waals surface area contributed by atoms with Crippen LogP contribution in [0.4, 0.5) is 0 Å². The average Bonchev–Trinajstić information content (AvgIpc) is 2.78. The molecule has 5 nitrogen and oxygen atoms in total. The molecule has 0 radical (unpaired) electrons. The number of carbonyl (C=O) groups is 1. The van der Waals surface area contributed by atoms with Crippen LogP contribution in [0.3, 0.4) is 0 Å². The van der Waals surface area contributed by atoms with E-state index in [0.29, 0.717) is 25.4 Å². The average molecular weight is 257 g/mol. The summed E-state index contributed by atoms with van der Waals surface area (Å²) in [6, 6.07) is 0.0422. The molecule has 0 spiro atoms. The smallest absolute Gasteiger partial charge is 0.273 e. The first-order valence-electron chi connectivity index (χ1n) is 5.58. The van der Waals surface area contributed by atoms with Crippen LogP contribution in [-0.4, -0.2) is 42.1 Å². The van der Waals surface area contributed by atoms with E-state index in [2.05, 4.69) is 4.98 Å². The summed E-state index contributed by atoms with van der Waals surface area (Å²) in [6.45, 7) is 5.44. The molecule has 1 aromatic heterocycles. The van der Waals surface area contributed by atoms with Gasteiger partial charge in [0, 0.05) is 25.6 Å². The Hall–Kier alpha value is -0.980. The summed E-state index contributed by atoms with van der Waals surface area (Å²) in [6.07, 6.45) is 0. The van der Waals surface area contributed by atoms with E-state index in [1.165, 1.54) is 11.3 Å². The summed E-state index contributed by atoms with van der Waals surface area (Å²) in [5.41, 5.74) is 5.95. The number of amides is 1. The Balaban J connectivity index is 2.78. The van der Waals surface area contributed by atoms with Crippen molar-refractivity contribution in [3.8, 4) is 0 Å². The highest BCUT2D eigenvalue weighted by molar-refractivity contribution is 7.09. The molecule has 1 atom stereocenters. The van der Waals surface area contributed by atoms with Crippen LogP contribution in [0.2, 0.25) is 0 Å². The number of nitrogens with two attached hydrogens (primary N) is 1. The van der Waals surface area contributed by atoms with Crippen molar-refractivity contribution in [2.24, 2.45) is 5.73 Å². The highest BCUT2D eigenvalue weighted by Crippen LogP contribution is 2.13. The monoisotopic (exact) mass is 257 g/mol. The van der Waals surface area contributed by atoms with E-state index in [-0.39, 0.29) is 11.9 Å². The molecule has 0 saturated heterocycles. The molecule has 1 heterocycles. The predicted molar refractivity (Wildman–Crippen MR) is 68.1 cm³/mol. The van der Waals surface area contributed by atoms with Crippen LogP contribution in [0, 0.1) is 0 Å². The maximum atomic E-state index is 12.2. The van der Waals surface area contributed by atoms with Gasteiger partial charge in [0.1, 0.15) is 10.7 Å². The number of hydrogen-bond donors (Lipinski definition) is 1. The zero-order chi connectivity index (χ0) is 12.8. The molecular formula is C11H19N3O2S. The van der Waals surface area contributed by atoms with Crippen LogP contribution in [0.15, 0.2) is 5.38 Å². The van der Waals surface area contributed by atoms with E-state index in [1.807, 2.05) is 13.8 Å². The maximum Gasteiger partial charge on any atom is 0.273 e. The Labute approximate surface area is 106 Å². The van der Waals surface area contributed by atoms with Crippen molar-refractivity contribution in [3.63, 3.8) is 0 Å². The number of aromatic nitrogens is 1. The molecule has 0 aliphatic rings. The molecule has 17 heavy (non-hydrogen) atoms. The number of nitrogens with zero attached hydrogens (tertiary/aromatic N) is 2. The molecule has 96 valence electrons. The lowest BCUT2D eigenvalue weighted by atomic mass is 10.2. The number of methoxy groups -OCH3 is 1. The van der Waals surface area contributed by atoms with Crippen LogP contribution in [-0.2, 0) is 11.3 Å². The van der Waals surface area contributed by atoms with Crippen molar-refractivity contribution in [3.05, 3.63) is 16.1 Å². The number of ether oxygens (including phenoxy) is 1. The summed E-state index contributed by atoms with van der Waals surface area (Å²) < 4.78 is 5.07. The Morgan fingerprint density at radius 3 is 2.88 bits per heavy atom. The van der Waals surface area contributed by atoms with Gasteiger partial charge in [-0.2, -0.15) is 0 Å². The summed E-state index contributed by atoms with van der Waals surface area (Å²) in [4.78, 5) is 18.1. The molecule has 0 saturated carbocycles. The minimum Gasteiger partial charge on any atom is -0.383 e. The summed E-state index contributed by atoms with van der Waals surface area (Å²) >= 11 is 1.42. The van der Waals surface area contributed by atoms with Gasteiger partial charge in [-0.1, -0.05) is 0 Å². The number of thiazole rings is 1. The molecule has 0 aliphatic heterocycles. The highest BCUT2D eigenvalue weighted by atomic mass is 32.1. The third-order valence-corrected chi connectivity index (χ3v) is 3.36. The molecule has 1 aromatic rings.